The molecule has 0 saturated carbocycles. The molecule has 2 rings (SSSR count). The van der Waals surface area contributed by atoms with Gasteiger partial charge in [-0.05, 0) is 31.5 Å². The second-order valence-electron chi connectivity index (χ2n) is 4.34. The number of aliphatic carboxylic acids is 1. The second kappa shape index (κ2) is 5.71. The van der Waals surface area contributed by atoms with Crippen molar-refractivity contribution in [1.82, 2.24) is 0 Å². The van der Waals surface area contributed by atoms with E-state index in [9.17, 15) is 4.79 Å². The van der Waals surface area contributed by atoms with Crippen LogP contribution in [0.3, 0.4) is 0 Å². The minimum Gasteiger partial charge on any atom is -0.479 e. The first-order valence-electron chi connectivity index (χ1n) is 5.84. The number of benzene rings is 1. The van der Waals surface area contributed by atoms with Crippen LogP contribution in [0.5, 0.6) is 5.75 Å². The lowest BCUT2D eigenvalue weighted by Gasteiger charge is -2.17. The molecule has 1 aromatic carbocycles. The minimum absolute atomic E-state index is 0.276. The maximum Gasteiger partial charge on any atom is 0.344 e. The van der Waals surface area contributed by atoms with Gasteiger partial charge in [-0.3, -0.25) is 0 Å². The lowest BCUT2D eigenvalue weighted by molar-refractivity contribution is -0.144. The van der Waals surface area contributed by atoms with Gasteiger partial charge >= 0.3 is 5.97 Å². The highest BCUT2D eigenvalue weighted by molar-refractivity contribution is 9.10. The minimum atomic E-state index is -0.966. The molecule has 0 bridgehead atoms. The van der Waals surface area contributed by atoms with Crippen LogP contribution in [0.2, 0.25) is 0 Å². The standard InChI is InChI=1S/C13H15BrO4/c1-8(13(15)16)18-12-3-2-10(14)6-11(12)9-4-5-17-7-9/h2-3,6,8-9H,4-5,7H2,1H3,(H,15,16)/t8-,9?/m0/s1. The summed E-state index contributed by atoms with van der Waals surface area (Å²) in [6.45, 7) is 2.93. The molecule has 1 heterocycles. The van der Waals surface area contributed by atoms with Crippen LogP contribution in [-0.2, 0) is 9.53 Å². The molecule has 1 fully saturated rings. The van der Waals surface area contributed by atoms with E-state index in [2.05, 4.69) is 15.9 Å². The number of carboxylic acid groups (broad SMARTS) is 1. The number of hydrogen-bond acceptors (Lipinski definition) is 3. The highest BCUT2D eigenvalue weighted by Crippen LogP contribution is 2.35. The van der Waals surface area contributed by atoms with Crippen LogP contribution in [0.4, 0.5) is 0 Å². The maximum atomic E-state index is 10.8. The normalized spacial score (nSPS) is 20.7. The van der Waals surface area contributed by atoms with Gasteiger partial charge in [-0.2, -0.15) is 0 Å². The first-order valence-corrected chi connectivity index (χ1v) is 6.64. The van der Waals surface area contributed by atoms with Crippen LogP contribution in [0.1, 0.15) is 24.8 Å². The fourth-order valence-electron chi connectivity index (χ4n) is 1.97. The van der Waals surface area contributed by atoms with Gasteiger partial charge in [0.1, 0.15) is 5.75 Å². The number of carbonyl (C=O) groups is 1. The van der Waals surface area contributed by atoms with Crippen molar-refractivity contribution in [3.63, 3.8) is 0 Å². The Morgan fingerprint density at radius 1 is 1.61 bits per heavy atom. The van der Waals surface area contributed by atoms with Gasteiger partial charge in [0.15, 0.2) is 6.10 Å². The summed E-state index contributed by atoms with van der Waals surface area (Å²) in [5.41, 5.74) is 1.01. The van der Waals surface area contributed by atoms with Crippen molar-refractivity contribution in [2.45, 2.75) is 25.4 Å². The zero-order chi connectivity index (χ0) is 13.1. The Balaban J connectivity index is 2.25. The summed E-state index contributed by atoms with van der Waals surface area (Å²) in [5.74, 6) is -0.0614. The van der Waals surface area contributed by atoms with E-state index in [1.807, 2.05) is 12.1 Å². The molecular formula is C13H15BrO4. The third kappa shape index (κ3) is 3.03. The van der Waals surface area contributed by atoms with E-state index in [0.717, 1.165) is 23.1 Å². The molecular weight excluding hydrogens is 300 g/mol. The van der Waals surface area contributed by atoms with Gasteiger partial charge in [-0.25, -0.2) is 4.79 Å². The molecule has 18 heavy (non-hydrogen) atoms. The SMILES string of the molecule is C[C@H](Oc1ccc(Br)cc1C1CCOC1)C(=O)O. The molecule has 5 heteroatoms. The highest BCUT2D eigenvalue weighted by atomic mass is 79.9. The van der Waals surface area contributed by atoms with Gasteiger partial charge in [-0.15, -0.1) is 0 Å². The van der Waals surface area contributed by atoms with Crippen LogP contribution < -0.4 is 4.74 Å². The molecule has 0 radical (unpaired) electrons. The first kappa shape index (κ1) is 13.4. The number of ether oxygens (including phenoxy) is 2. The topological polar surface area (TPSA) is 55.8 Å². The van der Waals surface area contributed by atoms with E-state index < -0.39 is 12.1 Å². The fourth-order valence-corrected chi connectivity index (χ4v) is 2.35. The molecule has 4 nitrogen and oxygen atoms in total. The Bertz CT molecular complexity index is 441. The van der Waals surface area contributed by atoms with Gasteiger partial charge in [0, 0.05) is 22.6 Å². The van der Waals surface area contributed by atoms with Crippen LogP contribution in [0.25, 0.3) is 0 Å². The largest absolute Gasteiger partial charge is 0.479 e. The van der Waals surface area contributed by atoms with Crippen LogP contribution >= 0.6 is 15.9 Å². The smallest absolute Gasteiger partial charge is 0.344 e. The van der Waals surface area contributed by atoms with Crippen molar-refractivity contribution in [2.24, 2.45) is 0 Å². The molecule has 0 aliphatic carbocycles. The van der Waals surface area contributed by atoms with E-state index in [1.54, 1.807) is 6.07 Å². The quantitative estimate of drug-likeness (QED) is 0.928. The van der Waals surface area contributed by atoms with E-state index in [-0.39, 0.29) is 5.92 Å². The van der Waals surface area contributed by atoms with E-state index in [4.69, 9.17) is 14.6 Å². The molecule has 1 aliphatic rings. The summed E-state index contributed by atoms with van der Waals surface area (Å²) in [5, 5.41) is 8.90. The Labute approximate surface area is 114 Å². The van der Waals surface area contributed by atoms with Crippen molar-refractivity contribution in [3.8, 4) is 5.75 Å². The molecule has 1 unspecified atom stereocenters. The van der Waals surface area contributed by atoms with Crippen LogP contribution in [0.15, 0.2) is 22.7 Å². The zero-order valence-electron chi connectivity index (χ0n) is 10.1. The zero-order valence-corrected chi connectivity index (χ0v) is 11.6. The van der Waals surface area contributed by atoms with Gasteiger partial charge < -0.3 is 14.6 Å². The van der Waals surface area contributed by atoms with Crippen molar-refractivity contribution in [1.29, 1.82) is 0 Å². The summed E-state index contributed by atoms with van der Waals surface area (Å²) in [4.78, 5) is 10.8. The Morgan fingerprint density at radius 3 is 3.00 bits per heavy atom. The molecule has 1 aliphatic heterocycles. The highest BCUT2D eigenvalue weighted by Gasteiger charge is 2.23. The Kier molecular flexibility index (Phi) is 4.24. The van der Waals surface area contributed by atoms with Gasteiger partial charge in [0.2, 0.25) is 0 Å². The van der Waals surface area contributed by atoms with Crippen LogP contribution in [-0.4, -0.2) is 30.4 Å². The predicted molar refractivity (Wildman–Crippen MR) is 70.0 cm³/mol. The maximum absolute atomic E-state index is 10.8. The fraction of sp³-hybridized carbons (Fsp3) is 0.462. The van der Waals surface area contributed by atoms with Crippen LogP contribution in [0, 0.1) is 0 Å². The van der Waals surface area contributed by atoms with Gasteiger partial charge in [-0.1, -0.05) is 15.9 Å². The van der Waals surface area contributed by atoms with Crippen molar-refractivity contribution in [3.05, 3.63) is 28.2 Å². The average molecular weight is 315 g/mol. The molecule has 0 aromatic heterocycles. The van der Waals surface area contributed by atoms with E-state index in [1.165, 1.54) is 6.92 Å². The first-order chi connectivity index (χ1) is 8.58. The molecule has 1 aromatic rings. The molecule has 98 valence electrons. The third-order valence-electron chi connectivity index (χ3n) is 2.99. The molecule has 2 atom stereocenters. The van der Waals surface area contributed by atoms with Gasteiger partial charge in [0.25, 0.3) is 0 Å². The van der Waals surface area contributed by atoms with Gasteiger partial charge in [0.05, 0.1) is 6.61 Å². The average Bonchev–Trinajstić information content (AvgIpc) is 2.84. The number of carboxylic acids is 1. The summed E-state index contributed by atoms with van der Waals surface area (Å²) >= 11 is 3.43. The van der Waals surface area contributed by atoms with Crippen molar-refractivity contribution < 1.29 is 19.4 Å². The molecule has 1 N–H and O–H groups in total. The summed E-state index contributed by atoms with van der Waals surface area (Å²) in [7, 11) is 0. The predicted octanol–water partition coefficient (Wildman–Crippen LogP) is 2.80. The summed E-state index contributed by atoms with van der Waals surface area (Å²) < 4.78 is 11.8. The Morgan fingerprint density at radius 2 is 2.39 bits per heavy atom. The lowest BCUT2D eigenvalue weighted by Crippen LogP contribution is -2.23. The summed E-state index contributed by atoms with van der Waals surface area (Å²) in [6.07, 6.45) is 0.0844. The Hall–Kier alpha value is -1.07. The summed E-state index contributed by atoms with van der Waals surface area (Å²) in [6, 6.07) is 5.63. The monoisotopic (exact) mass is 314 g/mol. The van der Waals surface area contributed by atoms with Crippen molar-refractivity contribution >= 4 is 21.9 Å². The molecule has 0 amide bonds. The number of rotatable bonds is 4. The third-order valence-corrected chi connectivity index (χ3v) is 3.49. The van der Waals surface area contributed by atoms with E-state index in [0.29, 0.717) is 12.4 Å². The van der Waals surface area contributed by atoms with E-state index >= 15 is 0 Å². The second-order valence-corrected chi connectivity index (χ2v) is 5.26. The number of hydrogen-bond donors (Lipinski definition) is 1. The number of halogens is 1. The lowest BCUT2D eigenvalue weighted by atomic mass is 9.97. The van der Waals surface area contributed by atoms with Crippen molar-refractivity contribution in [2.75, 3.05) is 13.2 Å². The molecule has 0 spiro atoms. The molecule has 1 saturated heterocycles.